The van der Waals surface area contributed by atoms with Gasteiger partial charge in [-0.15, -0.1) is 0 Å². The van der Waals surface area contributed by atoms with Gasteiger partial charge in [0.15, 0.2) is 6.61 Å². The molecule has 124 valence electrons. The molecule has 1 N–H and O–H groups in total. The summed E-state index contributed by atoms with van der Waals surface area (Å²) >= 11 is 0. The largest absolute Gasteiger partial charge is 0.484 e. The standard InChI is InChI=1S/C18H20N4O2/c1-13(14(2)22-12-19-11-20-22)21-18(23)10-24-17-8-7-15-5-3-4-6-16(15)9-17/h3-9,11-14H,10H2,1-2H3,(H,21,23)/t13-,14-/m0/s1. The summed E-state index contributed by atoms with van der Waals surface area (Å²) in [5, 5.41) is 9.24. The maximum atomic E-state index is 12.1. The summed E-state index contributed by atoms with van der Waals surface area (Å²) in [6.45, 7) is 3.89. The van der Waals surface area contributed by atoms with Crippen LogP contribution in [0.1, 0.15) is 19.9 Å². The van der Waals surface area contributed by atoms with Gasteiger partial charge >= 0.3 is 0 Å². The number of carbonyl (C=O) groups excluding carboxylic acids is 1. The molecule has 1 aromatic heterocycles. The second kappa shape index (κ2) is 7.12. The maximum Gasteiger partial charge on any atom is 0.258 e. The van der Waals surface area contributed by atoms with Crippen LogP contribution in [0.25, 0.3) is 10.8 Å². The van der Waals surface area contributed by atoms with Gasteiger partial charge < -0.3 is 10.1 Å². The van der Waals surface area contributed by atoms with Crippen molar-refractivity contribution in [2.24, 2.45) is 0 Å². The van der Waals surface area contributed by atoms with E-state index in [4.69, 9.17) is 4.74 Å². The van der Waals surface area contributed by atoms with Crippen molar-refractivity contribution in [3.63, 3.8) is 0 Å². The van der Waals surface area contributed by atoms with E-state index in [1.165, 1.54) is 6.33 Å². The second-order valence-corrected chi connectivity index (χ2v) is 5.77. The molecule has 2 atom stereocenters. The zero-order valence-electron chi connectivity index (χ0n) is 13.7. The van der Waals surface area contributed by atoms with Crippen LogP contribution in [0.5, 0.6) is 5.75 Å². The highest BCUT2D eigenvalue weighted by Gasteiger charge is 2.17. The Bertz CT molecular complexity index is 817. The van der Waals surface area contributed by atoms with E-state index in [9.17, 15) is 4.79 Å². The lowest BCUT2D eigenvalue weighted by Crippen LogP contribution is -2.40. The predicted molar refractivity (Wildman–Crippen MR) is 91.8 cm³/mol. The summed E-state index contributed by atoms with van der Waals surface area (Å²) in [6.07, 6.45) is 3.12. The third-order valence-corrected chi connectivity index (χ3v) is 4.06. The van der Waals surface area contributed by atoms with Crippen molar-refractivity contribution in [3.05, 3.63) is 55.1 Å². The van der Waals surface area contributed by atoms with Gasteiger partial charge in [-0.05, 0) is 36.8 Å². The molecule has 1 amide bonds. The highest BCUT2D eigenvalue weighted by molar-refractivity contribution is 5.84. The van der Waals surface area contributed by atoms with Crippen molar-refractivity contribution in [2.45, 2.75) is 25.9 Å². The molecule has 0 unspecified atom stereocenters. The molecule has 6 nitrogen and oxygen atoms in total. The molecule has 1 heterocycles. The molecule has 0 aliphatic carbocycles. The molecule has 0 aliphatic heterocycles. The van der Waals surface area contributed by atoms with Gasteiger partial charge in [0, 0.05) is 6.04 Å². The molecule has 0 saturated heterocycles. The fraction of sp³-hybridized carbons (Fsp3) is 0.278. The van der Waals surface area contributed by atoms with Crippen LogP contribution in [0.4, 0.5) is 0 Å². The molecule has 3 rings (SSSR count). The quantitative estimate of drug-likeness (QED) is 0.756. The summed E-state index contributed by atoms with van der Waals surface area (Å²) in [4.78, 5) is 16.0. The van der Waals surface area contributed by atoms with Crippen molar-refractivity contribution >= 4 is 16.7 Å². The van der Waals surface area contributed by atoms with Gasteiger partial charge in [0.1, 0.15) is 18.4 Å². The van der Waals surface area contributed by atoms with Crippen LogP contribution in [0.2, 0.25) is 0 Å². The summed E-state index contributed by atoms with van der Waals surface area (Å²) in [7, 11) is 0. The van der Waals surface area contributed by atoms with E-state index in [0.717, 1.165) is 10.8 Å². The molecule has 3 aromatic rings. The first-order chi connectivity index (χ1) is 11.6. The number of fused-ring (bicyclic) bond motifs is 1. The first-order valence-electron chi connectivity index (χ1n) is 7.88. The van der Waals surface area contributed by atoms with E-state index < -0.39 is 0 Å². The van der Waals surface area contributed by atoms with E-state index in [0.29, 0.717) is 5.75 Å². The first-order valence-corrected chi connectivity index (χ1v) is 7.88. The van der Waals surface area contributed by atoms with Gasteiger partial charge in [0.25, 0.3) is 5.91 Å². The van der Waals surface area contributed by atoms with Crippen molar-refractivity contribution in [3.8, 4) is 5.75 Å². The third kappa shape index (κ3) is 3.71. The fourth-order valence-corrected chi connectivity index (χ4v) is 2.48. The zero-order valence-corrected chi connectivity index (χ0v) is 13.7. The highest BCUT2D eigenvalue weighted by Crippen LogP contribution is 2.20. The molecule has 0 saturated carbocycles. The topological polar surface area (TPSA) is 69.0 Å². The molecule has 2 aromatic carbocycles. The van der Waals surface area contributed by atoms with E-state index in [1.54, 1.807) is 11.0 Å². The van der Waals surface area contributed by atoms with Crippen LogP contribution in [0, 0.1) is 0 Å². The smallest absolute Gasteiger partial charge is 0.258 e. The Morgan fingerprint density at radius 2 is 2.00 bits per heavy atom. The van der Waals surface area contributed by atoms with E-state index in [2.05, 4.69) is 15.4 Å². The molecule has 0 aliphatic rings. The zero-order chi connectivity index (χ0) is 16.9. The van der Waals surface area contributed by atoms with Crippen LogP contribution in [-0.4, -0.2) is 33.3 Å². The summed E-state index contributed by atoms with van der Waals surface area (Å²) < 4.78 is 7.32. The Morgan fingerprint density at radius 3 is 2.75 bits per heavy atom. The number of rotatable bonds is 6. The number of benzene rings is 2. The lowest BCUT2D eigenvalue weighted by molar-refractivity contribution is -0.124. The van der Waals surface area contributed by atoms with E-state index >= 15 is 0 Å². The summed E-state index contributed by atoms with van der Waals surface area (Å²) in [6, 6.07) is 13.7. The normalized spacial score (nSPS) is 13.4. The van der Waals surface area contributed by atoms with Gasteiger partial charge in [-0.1, -0.05) is 30.3 Å². The van der Waals surface area contributed by atoms with Crippen molar-refractivity contribution < 1.29 is 9.53 Å². The first kappa shape index (κ1) is 16.0. The second-order valence-electron chi connectivity index (χ2n) is 5.77. The minimum absolute atomic E-state index is 0.0112. The van der Waals surface area contributed by atoms with Crippen molar-refractivity contribution in [1.29, 1.82) is 0 Å². The van der Waals surface area contributed by atoms with Gasteiger partial charge in [0.05, 0.1) is 6.04 Å². The number of carbonyl (C=O) groups is 1. The van der Waals surface area contributed by atoms with Crippen LogP contribution in [0.15, 0.2) is 55.1 Å². The fourth-order valence-electron chi connectivity index (χ4n) is 2.48. The Labute approximate surface area is 140 Å². The van der Waals surface area contributed by atoms with Crippen LogP contribution >= 0.6 is 0 Å². The molecule has 0 bridgehead atoms. The van der Waals surface area contributed by atoms with E-state index in [1.807, 2.05) is 56.3 Å². The van der Waals surface area contributed by atoms with Gasteiger partial charge in [-0.25, -0.2) is 9.67 Å². The molecular formula is C18H20N4O2. The van der Waals surface area contributed by atoms with Crippen LogP contribution in [0.3, 0.4) is 0 Å². The third-order valence-electron chi connectivity index (χ3n) is 4.06. The average molecular weight is 324 g/mol. The van der Waals surface area contributed by atoms with Crippen LogP contribution < -0.4 is 10.1 Å². The summed E-state index contributed by atoms with van der Waals surface area (Å²) in [5.41, 5.74) is 0. The van der Waals surface area contributed by atoms with Crippen molar-refractivity contribution in [2.75, 3.05) is 6.61 Å². The molecule has 0 spiro atoms. The van der Waals surface area contributed by atoms with Gasteiger partial charge in [-0.2, -0.15) is 5.10 Å². The van der Waals surface area contributed by atoms with Crippen molar-refractivity contribution in [1.82, 2.24) is 20.1 Å². The molecule has 0 radical (unpaired) electrons. The molecular weight excluding hydrogens is 304 g/mol. The Kier molecular flexibility index (Phi) is 4.74. The molecule has 0 fully saturated rings. The maximum absolute atomic E-state index is 12.1. The van der Waals surface area contributed by atoms with Crippen LogP contribution in [-0.2, 0) is 4.79 Å². The number of amides is 1. The molecule has 24 heavy (non-hydrogen) atoms. The lowest BCUT2D eigenvalue weighted by Gasteiger charge is -2.21. The lowest BCUT2D eigenvalue weighted by atomic mass is 10.1. The number of nitrogens with zero attached hydrogens (tertiary/aromatic N) is 3. The Hall–Kier alpha value is -2.89. The SMILES string of the molecule is C[C@H](NC(=O)COc1ccc2ccccc2c1)[C@H](C)n1cncn1. The molecule has 6 heteroatoms. The number of hydrogen-bond donors (Lipinski definition) is 1. The number of aromatic nitrogens is 3. The average Bonchev–Trinajstić information content (AvgIpc) is 3.13. The predicted octanol–water partition coefficient (Wildman–Crippen LogP) is 2.58. The summed E-state index contributed by atoms with van der Waals surface area (Å²) in [5.74, 6) is 0.517. The Morgan fingerprint density at radius 1 is 1.21 bits per heavy atom. The minimum Gasteiger partial charge on any atom is -0.484 e. The minimum atomic E-state index is -0.164. The Balaban J connectivity index is 1.54. The van der Waals surface area contributed by atoms with E-state index in [-0.39, 0.29) is 24.6 Å². The number of hydrogen-bond acceptors (Lipinski definition) is 4. The monoisotopic (exact) mass is 324 g/mol. The highest BCUT2D eigenvalue weighted by atomic mass is 16.5. The van der Waals surface area contributed by atoms with Gasteiger partial charge in [0.2, 0.25) is 0 Å². The van der Waals surface area contributed by atoms with Gasteiger partial charge in [-0.3, -0.25) is 4.79 Å². The number of nitrogens with one attached hydrogen (secondary N) is 1. The number of ether oxygens (including phenoxy) is 1.